The molecule has 0 saturated heterocycles. The number of furan rings is 1. The predicted molar refractivity (Wildman–Crippen MR) is 106 cm³/mol. The molecule has 1 atom stereocenters. The van der Waals surface area contributed by atoms with Gasteiger partial charge in [0.15, 0.2) is 0 Å². The summed E-state index contributed by atoms with van der Waals surface area (Å²) in [6, 6.07) is 16.7. The number of nitrogens with one attached hydrogen (secondary N) is 2. The number of carbonyl (C=O) groups excluding carboxylic acids is 1. The van der Waals surface area contributed by atoms with Crippen LogP contribution in [0, 0.1) is 0 Å². The Morgan fingerprint density at radius 2 is 1.93 bits per heavy atom. The third kappa shape index (κ3) is 4.33. The highest BCUT2D eigenvalue weighted by Crippen LogP contribution is 2.31. The molecule has 4 rings (SSSR count). The van der Waals surface area contributed by atoms with Crippen molar-refractivity contribution in [3.05, 3.63) is 83.8 Å². The molecule has 1 aromatic heterocycles. The lowest BCUT2D eigenvalue weighted by Gasteiger charge is -2.26. The Morgan fingerprint density at radius 3 is 2.76 bits per heavy atom. The second-order valence-electron chi connectivity index (χ2n) is 6.63. The lowest BCUT2D eigenvalue weighted by Crippen LogP contribution is -2.32. The van der Waals surface area contributed by atoms with Crippen LogP contribution in [-0.4, -0.2) is 20.9 Å². The summed E-state index contributed by atoms with van der Waals surface area (Å²) in [7, 11) is -3.78. The lowest BCUT2D eigenvalue weighted by molar-refractivity contribution is 0.0924. The van der Waals surface area contributed by atoms with Crippen LogP contribution in [0.1, 0.15) is 34.1 Å². The third-order valence-electron chi connectivity index (χ3n) is 4.69. The number of benzene rings is 2. The van der Waals surface area contributed by atoms with Crippen molar-refractivity contribution in [1.29, 1.82) is 0 Å². The smallest absolute Gasteiger partial charge is 0.251 e. The van der Waals surface area contributed by atoms with E-state index in [1.807, 2.05) is 24.3 Å². The summed E-state index contributed by atoms with van der Waals surface area (Å²) in [4.78, 5) is 12.8. The van der Waals surface area contributed by atoms with Crippen molar-refractivity contribution >= 4 is 15.9 Å². The molecule has 0 saturated carbocycles. The zero-order valence-electron chi connectivity index (χ0n) is 15.5. The second-order valence-corrected chi connectivity index (χ2v) is 8.40. The molecule has 2 aromatic carbocycles. The fourth-order valence-electron chi connectivity index (χ4n) is 3.20. The van der Waals surface area contributed by atoms with Gasteiger partial charge in [0.1, 0.15) is 11.5 Å². The Morgan fingerprint density at radius 1 is 1.07 bits per heavy atom. The molecule has 0 spiro atoms. The average Bonchev–Trinajstić information content (AvgIpc) is 3.26. The molecule has 1 unspecified atom stereocenters. The van der Waals surface area contributed by atoms with E-state index in [1.165, 1.54) is 18.4 Å². The van der Waals surface area contributed by atoms with Gasteiger partial charge in [0.25, 0.3) is 5.91 Å². The van der Waals surface area contributed by atoms with Gasteiger partial charge >= 0.3 is 0 Å². The minimum atomic E-state index is -3.78. The molecule has 1 amide bonds. The van der Waals surface area contributed by atoms with Gasteiger partial charge in [-0.2, -0.15) is 0 Å². The molecule has 0 aliphatic carbocycles. The number of rotatable bonds is 6. The number of hydrogen-bond donors (Lipinski definition) is 2. The van der Waals surface area contributed by atoms with Gasteiger partial charge in [-0.3, -0.25) is 4.79 Å². The highest BCUT2D eigenvalue weighted by molar-refractivity contribution is 7.89. The van der Waals surface area contributed by atoms with Gasteiger partial charge in [-0.1, -0.05) is 24.3 Å². The van der Waals surface area contributed by atoms with Gasteiger partial charge in [-0.05, 0) is 36.4 Å². The van der Waals surface area contributed by atoms with Crippen molar-refractivity contribution in [1.82, 2.24) is 10.0 Å². The summed E-state index contributed by atoms with van der Waals surface area (Å²) in [5.74, 6) is 0.915. The maximum atomic E-state index is 12.8. The van der Waals surface area contributed by atoms with Crippen LogP contribution in [0.3, 0.4) is 0 Å². The molecule has 2 heterocycles. The number of hydrogen-bond acceptors (Lipinski definition) is 5. The van der Waals surface area contributed by atoms with Gasteiger partial charge in [0, 0.05) is 17.5 Å². The standard InChI is InChI=1S/C21H20N2O5S/c24-21(23-19-10-12-28-20-9-2-1-8-18(19)20)15-5-3-7-17(13-15)29(25,26)22-14-16-6-4-11-27-16/h1-9,11,13,19,22H,10,12,14H2,(H,23,24). The van der Waals surface area contributed by atoms with E-state index in [0.717, 1.165) is 11.3 Å². The van der Waals surface area contributed by atoms with Crippen molar-refractivity contribution in [3.63, 3.8) is 0 Å². The lowest BCUT2D eigenvalue weighted by atomic mass is 10.00. The first kappa shape index (κ1) is 19.2. The summed E-state index contributed by atoms with van der Waals surface area (Å²) in [6.45, 7) is 0.539. The molecule has 1 aliphatic rings. The minimum absolute atomic E-state index is 0.0177. The van der Waals surface area contributed by atoms with E-state index in [0.29, 0.717) is 18.8 Å². The van der Waals surface area contributed by atoms with Crippen molar-refractivity contribution in [2.45, 2.75) is 23.9 Å². The maximum absolute atomic E-state index is 12.8. The van der Waals surface area contributed by atoms with Crippen LogP contribution in [0.25, 0.3) is 0 Å². The Bertz CT molecular complexity index is 1110. The molecule has 0 fully saturated rings. The molecule has 1 aliphatic heterocycles. The second kappa shape index (κ2) is 8.10. The number of carbonyl (C=O) groups is 1. The van der Waals surface area contributed by atoms with Crippen LogP contribution in [0.2, 0.25) is 0 Å². The monoisotopic (exact) mass is 412 g/mol. The zero-order chi connectivity index (χ0) is 20.3. The molecule has 3 aromatic rings. The topological polar surface area (TPSA) is 97.6 Å². The van der Waals surface area contributed by atoms with Gasteiger partial charge in [-0.25, -0.2) is 13.1 Å². The third-order valence-corrected chi connectivity index (χ3v) is 6.09. The quantitative estimate of drug-likeness (QED) is 0.649. The number of sulfonamides is 1. The summed E-state index contributed by atoms with van der Waals surface area (Å²) >= 11 is 0. The van der Waals surface area contributed by atoms with E-state index >= 15 is 0 Å². The number of amides is 1. The predicted octanol–water partition coefficient (Wildman–Crippen LogP) is 3.01. The van der Waals surface area contributed by atoms with Crippen LogP contribution in [0.15, 0.2) is 76.2 Å². The van der Waals surface area contributed by atoms with Crippen LogP contribution >= 0.6 is 0 Å². The van der Waals surface area contributed by atoms with E-state index in [9.17, 15) is 13.2 Å². The Balaban J connectivity index is 1.49. The molecule has 0 bridgehead atoms. The Hall–Kier alpha value is -3.10. The minimum Gasteiger partial charge on any atom is -0.493 e. The van der Waals surface area contributed by atoms with Gasteiger partial charge in [0.05, 0.1) is 30.4 Å². The SMILES string of the molecule is O=C(NC1CCOc2ccccc21)c1cccc(S(=O)(=O)NCc2ccco2)c1. The molecule has 2 N–H and O–H groups in total. The molecule has 8 heteroatoms. The van der Waals surface area contributed by atoms with E-state index < -0.39 is 10.0 Å². The first-order valence-corrected chi connectivity index (χ1v) is 10.7. The highest BCUT2D eigenvalue weighted by Gasteiger charge is 2.24. The Labute approximate surface area is 168 Å². The average molecular weight is 412 g/mol. The summed E-state index contributed by atoms with van der Waals surface area (Å²) in [5.41, 5.74) is 1.19. The van der Waals surface area contributed by atoms with Crippen LogP contribution in [-0.2, 0) is 16.6 Å². The largest absolute Gasteiger partial charge is 0.493 e. The molecular weight excluding hydrogens is 392 g/mol. The summed E-state index contributed by atoms with van der Waals surface area (Å²) < 4.78 is 38.3. The van der Waals surface area contributed by atoms with E-state index in [1.54, 1.807) is 24.3 Å². The van der Waals surface area contributed by atoms with Crippen LogP contribution < -0.4 is 14.8 Å². The Kier molecular flexibility index (Phi) is 5.37. The van der Waals surface area contributed by atoms with Crippen molar-refractivity contribution in [2.24, 2.45) is 0 Å². The number of para-hydroxylation sites is 1. The van der Waals surface area contributed by atoms with E-state index in [-0.39, 0.29) is 29.0 Å². The van der Waals surface area contributed by atoms with Crippen molar-refractivity contribution < 1.29 is 22.4 Å². The van der Waals surface area contributed by atoms with Gasteiger partial charge in [0.2, 0.25) is 10.0 Å². The summed E-state index contributed by atoms with van der Waals surface area (Å²) in [5, 5.41) is 2.98. The van der Waals surface area contributed by atoms with E-state index in [2.05, 4.69) is 10.0 Å². The summed E-state index contributed by atoms with van der Waals surface area (Å²) in [6.07, 6.45) is 2.12. The molecule has 0 radical (unpaired) electrons. The molecule has 29 heavy (non-hydrogen) atoms. The fraction of sp³-hybridized carbons (Fsp3) is 0.190. The zero-order valence-corrected chi connectivity index (χ0v) is 16.3. The van der Waals surface area contributed by atoms with Crippen molar-refractivity contribution in [2.75, 3.05) is 6.61 Å². The van der Waals surface area contributed by atoms with Gasteiger partial charge < -0.3 is 14.5 Å². The normalized spacial score (nSPS) is 15.9. The first-order chi connectivity index (χ1) is 14.0. The fourth-order valence-corrected chi connectivity index (χ4v) is 4.24. The molecular formula is C21H20N2O5S. The number of fused-ring (bicyclic) bond motifs is 1. The first-order valence-electron chi connectivity index (χ1n) is 9.18. The maximum Gasteiger partial charge on any atom is 0.251 e. The molecule has 150 valence electrons. The van der Waals surface area contributed by atoms with Crippen molar-refractivity contribution in [3.8, 4) is 5.75 Å². The number of ether oxygens (including phenoxy) is 1. The highest BCUT2D eigenvalue weighted by atomic mass is 32.2. The van der Waals surface area contributed by atoms with E-state index in [4.69, 9.17) is 9.15 Å². The van der Waals surface area contributed by atoms with Crippen LogP contribution in [0.4, 0.5) is 0 Å². The molecule has 7 nitrogen and oxygen atoms in total. The van der Waals surface area contributed by atoms with Gasteiger partial charge in [-0.15, -0.1) is 0 Å². The van der Waals surface area contributed by atoms with Crippen LogP contribution in [0.5, 0.6) is 5.75 Å².